The van der Waals surface area contributed by atoms with Crippen LogP contribution in [-0.4, -0.2) is 63.8 Å². The Labute approximate surface area is 249 Å². The van der Waals surface area contributed by atoms with Crippen molar-refractivity contribution in [3.63, 3.8) is 0 Å². The summed E-state index contributed by atoms with van der Waals surface area (Å²) in [7, 11) is 0.263. The van der Waals surface area contributed by atoms with Crippen LogP contribution in [0.25, 0.3) is 0 Å². The number of anilines is 1. The Morgan fingerprint density at radius 3 is 2.48 bits per heavy atom. The molecular formula is C30H30ClN5O5S. The molecular weight excluding hydrogens is 578 g/mol. The van der Waals surface area contributed by atoms with E-state index in [2.05, 4.69) is 0 Å². The fraction of sp³-hybridized carbons (Fsp3) is 0.300. The molecule has 1 fully saturated rings. The molecule has 218 valence electrons. The number of nitriles is 1. The predicted octanol–water partition coefficient (Wildman–Crippen LogP) is 3.21. The number of hydrogen-bond acceptors (Lipinski definition) is 8. The van der Waals surface area contributed by atoms with E-state index in [1.54, 1.807) is 43.3 Å². The Hall–Kier alpha value is -3.95. The smallest absolute Gasteiger partial charge is 0.271 e. The number of likely N-dealkylation sites (tertiary alicyclic amines) is 1. The van der Waals surface area contributed by atoms with Crippen LogP contribution in [0.2, 0.25) is 5.02 Å². The lowest BCUT2D eigenvalue weighted by atomic mass is 9.80. The number of nitrogens with two attached hydrogens (primary N) is 1. The number of amides is 2. The first-order chi connectivity index (χ1) is 20.0. The van der Waals surface area contributed by atoms with Crippen LogP contribution in [0.15, 0.2) is 65.6 Å². The van der Waals surface area contributed by atoms with Crippen molar-refractivity contribution in [2.24, 2.45) is 5.73 Å². The first kappa shape index (κ1) is 29.5. The van der Waals surface area contributed by atoms with Gasteiger partial charge in [-0.15, -0.1) is 0 Å². The molecule has 2 amide bonds. The van der Waals surface area contributed by atoms with Crippen LogP contribution in [0.5, 0.6) is 5.75 Å². The molecule has 0 spiro atoms. The van der Waals surface area contributed by atoms with Crippen molar-refractivity contribution in [2.45, 2.75) is 35.9 Å². The van der Waals surface area contributed by atoms with Crippen LogP contribution in [0.3, 0.4) is 0 Å². The Balaban J connectivity index is 1.85. The molecule has 0 saturated carbocycles. The molecule has 5 rings (SSSR count). The highest BCUT2D eigenvalue weighted by Gasteiger charge is 2.63. The van der Waals surface area contributed by atoms with Crippen molar-refractivity contribution < 1.29 is 22.7 Å². The minimum absolute atomic E-state index is 0.113. The van der Waals surface area contributed by atoms with Gasteiger partial charge in [0.2, 0.25) is 5.91 Å². The normalized spacial score (nSPS) is 20.3. The molecule has 2 heterocycles. The summed E-state index contributed by atoms with van der Waals surface area (Å²) in [6.45, 7) is 0.541. The second-order valence-electron chi connectivity index (χ2n) is 10.4. The van der Waals surface area contributed by atoms with Crippen LogP contribution in [0.1, 0.15) is 35.1 Å². The van der Waals surface area contributed by atoms with E-state index in [0.29, 0.717) is 36.3 Å². The van der Waals surface area contributed by atoms with Gasteiger partial charge in [0.05, 0.1) is 35.4 Å². The molecule has 3 aromatic carbocycles. The summed E-state index contributed by atoms with van der Waals surface area (Å²) in [5.74, 6) is -0.687. The maximum atomic E-state index is 15.1. The van der Waals surface area contributed by atoms with E-state index in [-0.39, 0.29) is 33.6 Å². The van der Waals surface area contributed by atoms with Crippen LogP contribution >= 0.6 is 11.6 Å². The number of methoxy groups -OCH3 is 1. The second-order valence-corrected chi connectivity index (χ2v) is 12.6. The SMILES string of the molecule is COc1cc(CN)ccc1C1(N2CCC[C@H]2C(=O)N(C)C)C(=O)N(S(=O)(=O)c2ccc(C#N)cc2)c2ccc(Cl)cc21. The molecule has 42 heavy (non-hydrogen) atoms. The third kappa shape index (κ3) is 4.42. The highest BCUT2D eigenvalue weighted by Crippen LogP contribution is 2.55. The largest absolute Gasteiger partial charge is 0.496 e. The molecule has 1 saturated heterocycles. The molecule has 3 aromatic rings. The van der Waals surface area contributed by atoms with Gasteiger partial charge in [0.25, 0.3) is 15.9 Å². The van der Waals surface area contributed by atoms with Crippen LogP contribution in [-0.2, 0) is 31.7 Å². The zero-order chi connectivity index (χ0) is 30.4. The van der Waals surface area contributed by atoms with Gasteiger partial charge in [0.1, 0.15) is 5.75 Å². The number of likely N-dealkylation sites (N-methyl/N-ethyl adjacent to an activating group) is 1. The van der Waals surface area contributed by atoms with Gasteiger partial charge < -0.3 is 15.4 Å². The average Bonchev–Trinajstić information content (AvgIpc) is 3.57. The Morgan fingerprint density at radius 1 is 1.14 bits per heavy atom. The quantitative estimate of drug-likeness (QED) is 0.432. The van der Waals surface area contributed by atoms with E-state index in [9.17, 15) is 18.5 Å². The number of fused-ring (bicyclic) bond motifs is 1. The average molecular weight is 608 g/mol. The monoisotopic (exact) mass is 607 g/mol. The number of carbonyl (C=O) groups excluding carboxylic acids is 2. The summed E-state index contributed by atoms with van der Waals surface area (Å²) >= 11 is 6.52. The second kappa shape index (κ2) is 11.0. The van der Waals surface area contributed by atoms with Crippen molar-refractivity contribution in [1.29, 1.82) is 5.26 Å². The van der Waals surface area contributed by atoms with Crippen LogP contribution in [0, 0.1) is 11.3 Å². The lowest BCUT2D eigenvalue weighted by Gasteiger charge is -2.42. The van der Waals surface area contributed by atoms with E-state index in [1.165, 1.54) is 48.4 Å². The molecule has 10 nitrogen and oxygen atoms in total. The summed E-state index contributed by atoms with van der Waals surface area (Å²) in [5, 5.41) is 9.51. The lowest BCUT2D eigenvalue weighted by molar-refractivity contribution is -0.138. The Kier molecular flexibility index (Phi) is 7.76. The number of sulfonamides is 1. The van der Waals surface area contributed by atoms with E-state index in [1.807, 2.05) is 6.07 Å². The number of benzene rings is 3. The van der Waals surface area contributed by atoms with Gasteiger partial charge in [0, 0.05) is 43.3 Å². The first-order valence-electron chi connectivity index (χ1n) is 13.3. The molecule has 0 aliphatic carbocycles. The predicted molar refractivity (Wildman–Crippen MR) is 157 cm³/mol. The topological polar surface area (TPSA) is 137 Å². The summed E-state index contributed by atoms with van der Waals surface area (Å²) in [4.78, 5) is 31.7. The lowest BCUT2D eigenvalue weighted by Crippen LogP contribution is -2.59. The van der Waals surface area contributed by atoms with Crippen LogP contribution < -0.4 is 14.8 Å². The summed E-state index contributed by atoms with van der Waals surface area (Å²) in [5.41, 5.74) is 5.93. The molecule has 2 aliphatic heterocycles. The zero-order valence-corrected chi connectivity index (χ0v) is 24.9. The fourth-order valence-electron chi connectivity index (χ4n) is 5.97. The van der Waals surface area contributed by atoms with Gasteiger partial charge in [-0.3, -0.25) is 14.5 Å². The molecule has 0 bridgehead atoms. The highest BCUT2D eigenvalue weighted by atomic mass is 35.5. The van der Waals surface area contributed by atoms with Gasteiger partial charge in [-0.05, 0) is 66.9 Å². The van der Waals surface area contributed by atoms with E-state index in [0.717, 1.165) is 9.87 Å². The Morgan fingerprint density at radius 2 is 1.86 bits per heavy atom. The molecule has 0 aromatic heterocycles. The highest BCUT2D eigenvalue weighted by molar-refractivity contribution is 7.93. The van der Waals surface area contributed by atoms with E-state index in [4.69, 9.17) is 22.1 Å². The van der Waals surface area contributed by atoms with E-state index >= 15 is 4.79 Å². The van der Waals surface area contributed by atoms with Gasteiger partial charge in [0.15, 0.2) is 5.54 Å². The summed E-state index contributed by atoms with van der Waals surface area (Å²) in [6.07, 6.45) is 1.06. The molecule has 2 N–H and O–H groups in total. The fourth-order valence-corrected chi connectivity index (χ4v) is 7.60. The number of hydrogen-bond donors (Lipinski definition) is 1. The molecule has 2 atom stereocenters. The Bertz CT molecular complexity index is 1720. The van der Waals surface area contributed by atoms with Gasteiger partial charge >= 0.3 is 0 Å². The van der Waals surface area contributed by atoms with Crippen molar-refractivity contribution in [3.8, 4) is 11.8 Å². The summed E-state index contributed by atoms with van der Waals surface area (Å²) < 4.78 is 35.1. The van der Waals surface area contributed by atoms with Gasteiger partial charge in [-0.2, -0.15) is 5.26 Å². The molecule has 2 aliphatic rings. The van der Waals surface area contributed by atoms with Crippen LogP contribution in [0.4, 0.5) is 5.69 Å². The maximum absolute atomic E-state index is 15.1. The number of halogens is 1. The van der Waals surface area contributed by atoms with Crippen molar-refractivity contribution in [2.75, 3.05) is 32.1 Å². The molecule has 0 radical (unpaired) electrons. The van der Waals surface area contributed by atoms with Gasteiger partial charge in [-0.25, -0.2) is 12.7 Å². The maximum Gasteiger partial charge on any atom is 0.271 e. The molecule has 12 heteroatoms. The first-order valence-corrected chi connectivity index (χ1v) is 15.1. The zero-order valence-electron chi connectivity index (χ0n) is 23.4. The van der Waals surface area contributed by atoms with E-state index < -0.39 is 27.5 Å². The summed E-state index contributed by atoms with van der Waals surface area (Å²) in [6, 6.07) is 16.4. The van der Waals surface area contributed by atoms with Crippen molar-refractivity contribution in [1.82, 2.24) is 9.80 Å². The van der Waals surface area contributed by atoms with Crippen molar-refractivity contribution in [3.05, 3.63) is 87.9 Å². The number of nitrogens with zero attached hydrogens (tertiary/aromatic N) is 4. The standard InChI is InChI=1S/C30H30ClN5O5S/c1-34(2)28(37)26-5-4-14-35(26)30(23-12-8-20(18-33)15-27(23)41-3)24-16-21(31)9-13-25(24)36(29(30)38)42(39,40)22-10-6-19(17-32)7-11-22/h6-13,15-16,26H,4-5,14,18,33H2,1-3H3/t26-,30?/m0/s1. The number of ether oxygens (including phenoxy) is 1. The molecule has 1 unspecified atom stereocenters. The van der Waals surface area contributed by atoms with Gasteiger partial charge in [-0.1, -0.05) is 23.7 Å². The minimum atomic E-state index is -4.49. The third-order valence-corrected chi connectivity index (χ3v) is 9.83. The third-order valence-electron chi connectivity index (χ3n) is 7.88. The number of rotatable bonds is 7. The van der Waals surface area contributed by atoms with Crippen molar-refractivity contribution >= 4 is 39.1 Å². The number of carbonyl (C=O) groups is 2. The minimum Gasteiger partial charge on any atom is -0.496 e.